The molecule has 25 heavy (non-hydrogen) atoms. The maximum atomic E-state index is 8.34. The van der Waals surface area contributed by atoms with Gasteiger partial charge >= 0.3 is 0 Å². The highest BCUT2D eigenvalue weighted by Gasteiger charge is 2.12. The van der Waals surface area contributed by atoms with Crippen LogP contribution in [0.2, 0.25) is 0 Å². The van der Waals surface area contributed by atoms with Crippen molar-refractivity contribution < 1.29 is 19.4 Å². The Labute approximate surface area is 153 Å². The minimum Gasteiger partial charge on any atom is -0.380 e. The molecule has 2 aliphatic heterocycles. The minimum atomic E-state index is -0.161. The number of likely N-dealkylation sites (N-methyl/N-ethyl adjacent to an activating group) is 1. The fourth-order valence-corrected chi connectivity index (χ4v) is 2.60. The number of piperazine rings is 2. The lowest BCUT2D eigenvalue weighted by atomic mass is 10.3. The van der Waals surface area contributed by atoms with Gasteiger partial charge in [0, 0.05) is 72.1 Å². The first-order valence-electron chi connectivity index (χ1n) is 9.15. The Morgan fingerprint density at radius 3 is 1.96 bits per heavy atom. The second-order valence-electron chi connectivity index (χ2n) is 5.97. The number of hydrogen-bond acceptors (Lipinski definition) is 8. The van der Waals surface area contributed by atoms with Crippen molar-refractivity contribution in [3.8, 4) is 0 Å². The lowest BCUT2D eigenvalue weighted by molar-refractivity contribution is -0.0980. The van der Waals surface area contributed by atoms with Gasteiger partial charge in [0.2, 0.25) is 0 Å². The van der Waals surface area contributed by atoms with Crippen LogP contribution in [0.15, 0.2) is 0 Å². The fourth-order valence-electron chi connectivity index (χ4n) is 2.60. The molecular weight excluding hydrogens is 324 g/mol. The summed E-state index contributed by atoms with van der Waals surface area (Å²) in [4.78, 5) is 15.2. The molecule has 0 radical (unpaired) electrons. The Bertz CT molecular complexity index is 273. The van der Waals surface area contributed by atoms with E-state index in [0.717, 1.165) is 52.5 Å². The molecule has 2 fully saturated rings. The van der Waals surface area contributed by atoms with E-state index in [4.69, 9.17) is 19.4 Å². The molecule has 8 nitrogen and oxygen atoms in total. The van der Waals surface area contributed by atoms with Crippen molar-refractivity contribution >= 4 is 6.79 Å². The number of hydrogen-bond donors (Lipinski definition) is 2. The molecule has 0 aromatic rings. The molecule has 0 spiro atoms. The molecule has 0 amide bonds. The molecule has 0 unspecified atom stereocenters. The predicted molar refractivity (Wildman–Crippen MR) is 99.9 cm³/mol. The van der Waals surface area contributed by atoms with Gasteiger partial charge in [-0.05, 0) is 14.0 Å². The first-order valence-corrected chi connectivity index (χ1v) is 9.15. The van der Waals surface area contributed by atoms with E-state index >= 15 is 0 Å². The summed E-state index contributed by atoms with van der Waals surface area (Å²) in [5.41, 5.74) is 0. The van der Waals surface area contributed by atoms with E-state index in [0.29, 0.717) is 6.61 Å². The van der Waals surface area contributed by atoms with Crippen molar-refractivity contribution in [3.05, 3.63) is 0 Å². The average molecular weight is 363 g/mol. The molecule has 0 aromatic carbocycles. The molecule has 0 saturated carbocycles. The normalized spacial score (nSPS) is 19.5. The average Bonchev–Trinajstić information content (AvgIpc) is 2.67. The van der Waals surface area contributed by atoms with Crippen LogP contribution in [-0.4, -0.2) is 126 Å². The highest BCUT2D eigenvalue weighted by atomic mass is 16.6. The van der Waals surface area contributed by atoms with Crippen LogP contribution in [0.4, 0.5) is 0 Å². The number of carbonyl (C=O) groups is 1. The highest BCUT2D eigenvalue weighted by molar-refractivity contribution is 5.11. The van der Waals surface area contributed by atoms with Gasteiger partial charge in [0.25, 0.3) is 0 Å². The van der Waals surface area contributed by atoms with Crippen LogP contribution in [0.25, 0.3) is 0 Å². The lowest BCUT2D eigenvalue weighted by Crippen LogP contribution is -2.45. The van der Waals surface area contributed by atoms with Gasteiger partial charge in [0.1, 0.15) is 13.6 Å². The zero-order valence-electron chi connectivity index (χ0n) is 16.1. The van der Waals surface area contributed by atoms with Crippen LogP contribution >= 0.6 is 0 Å². The Balaban J connectivity index is 0.000000421. The van der Waals surface area contributed by atoms with Crippen molar-refractivity contribution in [3.63, 3.8) is 0 Å². The number of nitrogens with zero attached hydrogens (tertiary/aromatic N) is 3. The standard InChI is InChI=1S/C9H20N2O.C7H16N2O2.CH2O/c1-3-12-9-8-11-6-4-10(2)5-7-11;10-7-11-6-5-9-3-1-8-2-4-9;1-2/h3-9H2,1-2H3;8,10H,1-7H2;1H2. The molecule has 2 heterocycles. The summed E-state index contributed by atoms with van der Waals surface area (Å²) in [6.07, 6.45) is 0. The number of rotatable bonds is 8. The molecule has 150 valence electrons. The van der Waals surface area contributed by atoms with E-state index in [1.165, 1.54) is 26.2 Å². The van der Waals surface area contributed by atoms with Crippen LogP contribution in [0, 0.1) is 0 Å². The van der Waals surface area contributed by atoms with Gasteiger partial charge in [-0.1, -0.05) is 0 Å². The zero-order valence-corrected chi connectivity index (χ0v) is 16.1. The largest absolute Gasteiger partial charge is 0.380 e. The van der Waals surface area contributed by atoms with Gasteiger partial charge in [-0.2, -0.15) is 0 Å². The van der Waals surface area contributed by atoms with E-state index in [1.807, 2.05) is 13.7 Å². The molecule has 2 rings (SSSR count). The predicted octanol–water partition coefficient (Wildman–Crippen LogP) is -1.06. The lowest BCUT2D eigenvalue weighted by Gasteiger charge is -2.32. The molecule has 2 N–H and O–H groups in total. The summed E-state index contributed by atoms with van der Waals surface area (Å²) in [6, 6.07) is 0. The Morgan fingerprint density at radius 2 is 1.44 bits per heavy atom. The van der Waals surface area contributed by atoms with Crippen LogP contribution < -0.4 is 5.32 Å². The van der Waals surface area contributed by atoms with E-state index < -0.39 is 0 Å². The van der Waals surface area contributed by atoms with Gasteiger partial charge in [-0.15, -0.1) is 0 Å². The van der Waals surface area contributed by atoms with E-state index in [1.54, 1.807) is 0 Å². The first kappa shape index (κ1) is 24.4. The second-order valence-corrected chi connectivity index (χ2v) is 5.97. The molecule has 0 aromatic heterocycles. The molecule has 2 saturated heterocycles. The number of aliphatic hydroxyl groups excluding tert-OH is 1. The molecular formula is C17H38N4O4. The Morgan fingerprint density at radius 1 is 0.920 bits per heavy atom. The third-order valence-corrected chi connectivity index (χ3v) is 4.20. The number of ether oxygens (including phenoxy) is 2. The number of nitrogens with one attached hydrogen (secondary N) is 1. The van der Waals surface area contributed by atoms with Crippen molar-refractivity contribution in [1.82, 2.24) is 20.0 Å². The maximum absolute atomic E-state index is 8.34. The highest BCUT2D eigenvalue weighted by Crippen LogP contribution is 1.97. The summed E-state index contributed by atoms with van der Waals surface area (Å²) < 4.78 is 10.1. The van der Waals surface area contributed by atoms with Gasteiger partial charge in [0.05, 0.1) is 13.2 Å². The third kappa shape index (κ3) is 14.3. The van der Waals surface area contributed by atoms with E-state index in [2.05, 4.69) is 27.1 Å². The maximum Gasteiger partial charge on any atom is 0.143 e. The molecule has 8 heteroatoms. The van der Waals surface area contributed by atoms with Gasteiger partial charge in [-0.25, -0.2) is 0 Å². The van der Waals surface area contributed by atoms with E-state index in [9.17, 15) is 0 Å². The van der Waals surface area contributed by atoms with Crippen LogP contribution in [-0.2, 0) is 14.3 Å². The molecule has 0 bridgehead atoms. The Kier molecular flexibility index (Phi) is 17.7. The molecule has 0 atom stereocenters. The van der Waals surface area contributed by atoms with Crippen molar-refractivity contribution in [2.45, 2.75) is 6.92 Å². The van der Waals surface area contributed by atoms with Crippen molar-refractivity contribution in [1.29, 1.82) is 0 Å². The summed E-state index contributed by atoms with van der Waals surface area (Å²) in [6.45, 7) is 17.4. The molecule has 2 aliphatic rings. The first-order chi connectivity index (χ1) is 12.3. The topological polar surface area (TPSA) is 77.5 Å². The third-order valence-electron chi connectivity index (χ3n) is 4.20. The van der Waals surface area contributed by atoms with E-state index in [-0.39, 0.29) is 6.79 Å². The molecule has 0 aliphatic carbocycles. The van der Waals surface area contributed by atoms with Gasteiger partial charge in [-0.3, -0.25) is 9.80 Å². The van der Waals surface area contributed by atoms with Crippen LogP contribution in [0.3, 0.4) is 0 Å². The quantitative estimate of drug-likeness (QED) is 0.418. The Hall–Kier alpha value is -0.610. The smallest absolute Gasteiger partial charge is 0.143 e. The monoisotopic (exact) mass is 362 g/mol. The van der Waals surface area contributed by atoms with Crippen molar-refractivity contribution in [2.75, 3.05) is 99.1 Å². The fraction of sp³-hybridized carbons (Fsp3) is 0.941. The summed E-state index contributed by atoms with van der Waals surface area (Å²) >= 11 is 0. The zero-order chi connectivity index (χ0) is 18.8. The second kappa shape index (κ2) is 18.2. The number of aliphatic hydroxyl groups is 1. The SMILES string of the molecule is C=O.CCOCCN1CCN(C)CC1.OCOCCN1CCNCC1. The minimum absolute atomic E-state index is 0.161. The summed E-state index contributed by atoms with van der Waals surface area (Å²) in [5, 5.41) is 11.6. The number of carbonyl (C=O) groups excluding carboxylic acids is 1. The van der Waals surface area contributed by atoms with Crippen molar-refractivity contribution in [2.24, 2.45) is 0 Å². The van der Waals surface area contributed by atoms with Crippen LogP contribution in [0.1, 0.15) is 6.92 Å². The van der Waals surface area contributed by atoms with Gasteiger partial charge < -0.3 is 29.6 Å². The van der Waals surface area contributed by atoms with Crippen LogP contribution in [0.5, 0.6) is 0 Å². The summed E-state index contributed by atoms with van der Waals surface area (Å²) in [5.74, 6) is 0. The summed E-state index contributed by atoms with van der Waals surface area (Å²) in [7, 11) is 2.18. The van der Waals surface area contributed by atoms with Gasteiger partial charge in [0.15, 0.2) is 0 Å².